The Kier molecular flexibility index (Phi) is 4.75. The molecule has 0 heterocycles. The van der Waals surface area contributed by atoms with E-state index in [1.807, 2.05) is 0 Å². The molecule has 2 N–H and O–H groups in total. The lowest BCUT2D eigenvalue weighted by Crippen LogP contribution is -2.37. The van der Waals surface area contributed by atoms with Crippen molar-refractivity contribution < 1.29 is 4.84 Å². The van der Waals surface area contributed by atoms with E-state index < -0.39 is 0 Å². The van der Waals surface area contributed by atoms with E-state index in [4.69, 9.17) is 10.7 Å². The van der Waals surface area contributed by atoms with Gasteiger partial charge < -0.3 is 4.84 Å². The Bertz CT molecular complexity index is 355. The molecule has 0 bridgehead atoms. The van der Waals surface area contributed by atoms with Crippen molar-refractivity contribution in [1.29, 1.82) is 0 Å². The van der Waals surface area contributed by atoms with Gasteiger partial charge in [-0.15, -0.1) is 0 Å². The fourth-order valence-electron chi connectivity index (χ4n) is 2.73. The zero-order valence-electron chi connectivity index (χ0n) is 11.4. The van der Waals surface area contributed by atoms with Crippen molar-refractivity contribution in [2.45, 2.75) is 51.3 Å². The zero-order valence-corrected chi connectivity index (χ0v) is 11.4. The summed E-state index contributed by atoms with van der Waals surface area (Å²) in [4.78, 5) is 7.39. The monoisotopic (exact) mass is 248 g/mol. The van der Waals surface area contributed by atoms with E-state index >= 15 is 0 Å². The number of nitrogens with two attached hydrogens (primary N) is 1. The Morgan fingerprint density at radius 1 is 1.17 bits per heavy atom. The SMILES string of the molecule is Cc1ccc(CN(C)C2CCC(ON)CC2)cc1. The minimum absolute atomic E-state index is 0.272. The van der Waals surface area contributed by atoms with Gasteiger partial charge >= 0.3 is 0 Å². The molecule has 1 saturated carbocycles. The van der Waals surface area contributed by atoms with E-state index in [2.05, 4.69) is 43.1 Å². The van der Waals surface area contributed by atoms with Crippen molar-refractivity contribution in [2.24, 2.45) is 5.90 Å². The molecule has 0 amide bonds. The Balaban J connectivity index is 1.85. The number of hydrogen-bond donors (Lipinski definition) is 1. The first-order chi connectivity index (χ1) is 8.69. The molecule has 1 fully saturated rings. The molecule has 1 aromatic rings. The maximum atomic E-state index is 5.25. The van der Waals surface area contributed by atoms with Crippen molar-refractivity contribution in [3.63, 3.8) is 0 Å². The van der Waals surface area contributed by atoms with Gasteiger partial charge in [0.05, 0.1) is 6.10 Å². The highest BCUT2D eigenvalue weighted by molar-refractivity contribution is 5.21. The highest BCUT2D eigenvalue weighted by Crippen LogP contribution is 2.24. The molecule has 0 saturated heterocycles. The summed E-state index contributed by atoms with van der Waals surface area (Å²) in [5.41, 5.74) is 2.71. The summed E-state index contributed by atoms with van der Waals surface area (Å²) in [6.45, 7) is 3.15. The summed E-state index contributed by atoms with van der Waals surface area (Å²) in [5, 5.41) is 0. The van der Waals surface area contributed by atoms with Gasteiger partial charge in [0.2, 0.25) is 0 Å². The van der Waals surface area contributed by atoms with Gasteiger partial charge in [-0.3, -0.25) is 4.90 Å². The van der Waals surface area contributed by atoms with Gasteiger partial charge in [0.15, 0.2) is 0 Å². The Labute approximate surface area is 110 Å². The molecule has 0 aliphatic heterocycles. The number of aryl methyl sites for hydroxylation is 1. The van der Waals surface area contributed by atoms with Crippen LogP contribution in [0.15, 0.2) is 24.3 Å². The first-order valence-electron chi connectivity index (χ1n) is 6.80. The maximum Gasteiger partial charge on any atom is 0.0788 e. The molecule has 3 nitrogen and oxygen atoms in total. The average molecular weight is 248 g/mol. The highest BCUT2D eigenvalue weighted by atomic mass is 16.6. The molecule has 1 aromatic carbocycles. The standard InChI is InChI=1S/C15H24N2O/c1-12-3-5-13(6-4-12)11-17(2)14-7-9-15(18-16)10-8-14/h3-6,14-15H,7-11,16H2,1-2H3. The van der Waals surface area contributed by atoms with E-state index in [-0.39, 0.29) is 6.10 Å². The summed E-state index contributed by atoms with van der Waals surface area (Å²) >= 11 is 0. The van der Waals surface area contributed by atoms with Crippen molar-refractivity contribution in [3.8, 4) is 0 Å². The molecule has 0 spiro atoms. The third-order valence-electron chi connectivity index (χ3n) is 4.01. The van der Waals surface area contributed by atoms with Gasteiger partial charge in [0.25, 0.3) is 0 Å². The lowest BCUT2D eigenvalue weighted by atomic mass is 9.92. The molecule has 100 valence electrons. The predicted octanol–water partition coefficient (Wildman–Crippen LogP) is 2.63. The molecule has 0 radical (unpaired) electrons. The normalized spacial score (nSPS) is 24.4. The number of hydrogen-bond acceptors (Lipinski definition) is 3. The fraction of sp³-hybridized carbons (Fsp3) is 0.600. The topological polar surface area (TPSA) is 38.5 Å². The second kappa shape index (κ2) is 6.32. The van der Waals surface area contributed by atoms with Gasteiger partial charge in [-0.2, -0.15) is 0 Å². The summed E-state index contributed by atoms with van der Waals surface area (Å²) in [7, 11) is 2.22. The molecule has 1 aliphatic rings. The Morgan fingerprint density at radius 3 is 2.33 bits per heavy atom. The van der Waals surface area contributed by atoms with Crippen LogP contribution in [0.25, 0.3) is 0 Å². The molecule has 18 heavy (non-hydrogen) atoms. The Hall–Kier alpha value is -0.900. The minimum atomic E-state index is 0.272. The van der Waals surface area contributed by atoms with Gasteiger partial charge in [-0.05, 0) is 45.2 Å². The zero-order chi connectivity index (χ0) is 13.0. The van der Waals surface area contributed by atoms with Crippen LogP contribution in [-0.2, 0) is 11.4 Å². The van der Waals surface area contributed by atoms with Gasteiger partial charge in [-0.1, -0.05) is 29.8 Å². The lowest BCUT2D eigenvalue weighted by molar-refractivity contribution is 0.00872. The quantitative estimate of drug-likeness (QED) is 0.832. The number of benzene rings is 1. The maximum absolute atomic E-state index is 5.25. The van der Waals surface area contributed by atoms with Crippen LogP contribution in [0, 0.1) is 6.92 Å². The molecule has 2 rings (SSSR count). The van der Waals surface area contributed by atoms with E-state index in [1.165, 1.54) is 24.0 Å². The smallest absolute Gasteiger partial charge is 0.0788 e. The van der Waals surface area contributed by atoms with Crippen LogP contribution >= 0.6 is 0 Å². The first-order valence-corrected chi connectivity index (χ1v) is 6.80. The van der Waals surface area contributed by atoms with Gasteiger partial charge in [-0.25, -0.2) is 5.90 Å². The van der Waals surface area contributed by atoms with E-state index in [9.17, 15) is 0 Å². The molecular weight excluding hydrogens is 224 g/mol. The second-order valence-corrected chi connectivity index (χ2v) is 5.47. The van der Waals surface area contributed by atoms with Crippen LogP contribution in [0.4, 0.5) is 0 Å². The third-order valence-corrected chi connectivity index (χ3v) is 4.01. The van der Waals surface area contributed by atoms with Crippen LogP contribution in [0.1, 0.15) is 36.8 Å². The molecule has 0 atom stereocenters. The summed E-state index contributed by atoms with van der Waals surface area (Å²) in [6, 6.07) is 9.48. The molecule has 0 unspecified atom stereocenters. The van der Waals surface area contributed by atoms with Crippen molar-refractivity contribution in [2.75, 3.05) is 7.05 Å². The van der Waals surface area contributed by atoms with Gasteiger partial charge in [0, 0.05) is 12.6 Å². The molecular formula is C15H24N2O. The third kappa shape index (κ3) is 3.55. The highest BCUT2D eigenvalue weighted by Gasteiger charge is 2.24. The van der Waals surface area contributed by atoms with Crippen molar-refractivity contribution in [3.05, 3.63) is 35.4 Å². The lowest BCUT2D eigenvalue weighted by Gasteiger charge is -2.33. The summed E-state index contributed by atoms with van der Waals surface area (Å²) in [5.74, 6) is 5.25. The van der Waals surface area contributed by atoms with Crippen molar-refractivity contribution >= 4 is 0 Å². The molecule has 0 aromatic heterocycles. The van der Waals surface area contributed by atoms with E-state index in [0.717, 1.165) is 19.4 Å². The molecule has 3 heteroatoms. The van der Waals surface area contributed by atoms with E-state index in [0.29, 0.717) is 6.04 Å². The predicted molar refractivity (Wildman–Crippen MR) is 74.0 cm³/mol. The number of nitrogens with zero attached hydrogens (tertiary/aromatic N) is 1. The van der Waals surface area contributed by atoms with Gasteiger partial charge in [0.1, 0.15) is 0 Å². The van der Waals surface area contributed by atoms with Crippen LogP contribution < -0.4 is 5.90 Å². The van der Waals surface area contributed by atoms with Crippen molar-refractivity contribution in [1.82, 2.24) is 4.90 Å². The van der Waals surface area contributed by atoms with Crippen LogP contribution in [0.3, 0.4) is 0 Å². The average Bonchev–Trinajstić information content (AvgIpc) is 2.41. The van der Waals surface area contributed by atoms with Crippen LogP contribution in [0.2, 0.25) is 0 Å². The van der Waals surface area contributed by atoms with E-state index in [1.54, 1.807) is 0 Å². The van der Waals surface area contributed by atoms with Crippen LogP contribution in [-0.4, -0.2) is 24.1 Å². The number of rotatable bonds is 4. The summed E-state index contributed by atoms with van der Waals surface area (Å²) < 4.78 is 0. The minimum Gasteiger partial charge on any atom is -0.301 e. The summed E-state index contributed by atoms with van der Waals surface area (Å²) in [6.07, 6.45) is 4.81. The first kappa shape index (κ1) is 13.5. The Morgan fingerprint density at radius 2 is 1.78 bits per heavy atom. The fourth-order valence-corrected chi connectivity index (χ4v) is 2.73. The molecule has 1 aliphatic carbocycles. The largest absolute Gasteiger partial charge is 0.301 e. The second-order valence-electron chi connectivity index (χ2n) is 5.47. The van der Waals surface area contributed by atoms with Crippen LogP contribution in [0.5, 0.6) is 0 Å².